The highest BCUT2D eigenvalue weighted by molar-refractivity contribution is 5.84. The molecule has 0 aliphatic heterocycles. The highest BCUT2D eigenvalue weighted by Gasteiger charge is 2.06. The first-order valence-corrected chi connectivity index (χ1v) is 3.87. The van der Waals surface area contributed by atoms with Crippen LogP contribution in [0, 0.1) is 0 Å². The van der Waals surface area contributed by atoms with Gasteiger partial charge in [0.2, 0.25) is 0 Å². The van der Waals surface area contributed by atoms with E-state index in [0.717, 1.165) is 12.8 Å². The molecule has 1 aromatic rings. The van der Waals surface area contributed by atoms with Crippen LogP contribution in [0.3, 0.4) is 0 Å². The lowest BCUT2D eigenvalue weighted by Gasteiger charge is -1.94. The number of nitrogens with zero attached hydrogens (tertiary/aromatic N) is 3. The quantitative estimate of drug-likeness (QED) is 0.723. The van der Waals surface area contributed by atoms with Crippen LogP contribution >= 0.6 is 0 Å². The molecule has 0 saturated carbocycles. The molecule has 0 aromatic carbocycles. The minimum atomic E-state index is -1.03. The van der Waals surface area contributed by atoms with Gasteiger partial charge in [0.1, 0.15) is 0 Å². The van der Waals surface area contributed by atoms with Gasteiger partial charge in [-0.15, -0.1) is 5.10 Å². The molecule has 1 rings (SSSR count). The molecule has 1 aromatic heterocycles. The summed E-state index contributed by atoms with van der Waals surface area (Å²) in [5.41, 5.74) is 0.00565. The van der Waals surface area contributed by atoms with E-state index in [-0.39, 0.29) is 5.69 Å². The van der Waals surface area contributed by atoms with E-state index in [1.165, 1.54) is 11.0 Å². The van der Waals surface area contributed by atoms with Crippen LogP contribution in [0.15, 0.2) is 6.20 Å². The zero-order valence-corrected chi connectivity index (χ0v) is 6.90. The Morgan fingerprint density at radius 3 is 3.00 bits per heavy atom. The number of hydrogen-bond acceptors (Lipinski definition) is 3. The van der Waals surface area contributed by atoms with E-state index in [0.29, 0.717) is 6.54 Å². The van der Waals surface area contributed by atoms with Gasteiger partial charge >= 0.3 is 5.97 Å². The first kappa shape index (κ1) is 8.70. The Balaban J connectivity index is 2.58. The number of hydrogen-bond donors (Lipinski definition) is 1. The van der Waals surface area contributed by atoms with Crippen LogP contribution in [0.1, 0.15) is 30.3 Å². The Labute approximate surface area is 70.0 Å². The van der Waals surface area contributed by atoms with Crippen molar-refractivity contribution in [3.8, 4) is 0 Å². The predicted molar refractivity (Wildman–Crippen MR) is 41.9 cm³/mol. The number of unbranched alkanes of at least 4 members (excludes halogenated alkanes) is 1. The minimum absolute atomic E-state index is 0.00565. The molecule has 0 saturated heterocycles. The van der Waals surface area contributed by atoms with Gasteiger partial charge in [0, 0.05) is 0 Å². The van der Waals surface area contributed by atoms with Crippen molar-refractivity contribution in [2.45, 2.75) is 26.3 Å². The fourth-order valence-electron chi connectivity index (χ4n) is 0.803. The molecule has 0 aliphatic carbocycles. The number of carbonyl (C=O) groups is 1. The molecule has 1 N–H and O–H groups in total. The largest absolute Gasteiger partial charge is 0.476 e. The second kappa shape index (κ2) is 3.85. The van der Waals surface area contributed by atoms with Crippen LogP contribution < -0.4 is 0 Å². The molecule has 0 radical (unpaired) electrons. The van der Waals surface area contributed by atoms with Crippen LogP contribution in [0.5, 0.6) is 0 Å². The standard InChI is InChI=1S/C7H11N3O2/c1-2-3-4-10-8-5-6(9-10)7(11)12/h5H,2-4H2,1H3,(H,11,12). The van der Waals surface area contributed by atoms with Crippen molar-refractivity contribution in [3.63, 3.8) is 0 Å². The normalized spacial score (nSPS) is 10.1. The van der Waals surface area contributed by atoms with Crippen LogP contribution in [0.4, 0.5) is 0 Å². The van der Waals surface area contributed by atoms with E-state index < -0.39 is 5.97 Å². The zero-order valence-electron chi connectivity index (χ0n) is 6.90. The summed E-state index contributed by atoms with van der Waals surface area (Å²) in [5.74, 6) is -1.03. The van der Waals surface area contributed by atoms with Crippen molar-refractivity contribution >= 4 is 5.97 Å². The van der Waals surface area contributed by atoms with E-state index >= 15 is 0 Å². The fraction of sp³-hybridized carbons (Fsp3) is 0.571. The Hall–Kier alpha value is -1.39. The van der Waals surface area contributed by atoms with Gasteiger partial charge in [0.25, 0.3) is 0 Å². The van der Waals surface area contributed by atoms with Gasteiger partial charge in [0.15, 0.2) is 5.69 Å². The van der Waals surface area contributed by atoms with Gasteiger partial charge in [-0.2, -0.15) is 9.90 Å². The molecule has 66 valence electrons. The summed E-state index contributed by atoms with van der Waals surface area (Å²) in [4.78, 5) is 11.8. The molecule has 0 amide bonds. The van der Waals surface area contributed by atoms with E-state index in [2.05, 4.69) is 17.1 Å². The molecule has 0 fully saturated rings. The highest BCUT2D eigenvalue weighted by Crippen LogP contribution is 1.94. The summed E-state index contributed by atoms with van der Waals surface area (Å²) >= 11 is 0. The first-order chi connectivity index (χ1) is 5.74. The van der Waals surface area contributed by atoms with Crippen LogP contribution in [-0.2, 0) is 6.54 Å². The summed E-state index contributed by atoms with van der Waals surface area (Å²) in [6.07, 6.45) is 3.27. The molecule has 0 atom stereocenters. The topological polar surface area (TPSA) is 68.0 Å². The van der Waals surface area contributed by atoms with Crippen molar-refractivity contribution in [2.75, 3.05) is 0 Å². The number of aromatic carboxylic acids is 1. The van der Waals surface area contributed by atoms with Crippen LogP contribution in [0.25, 0.3) is 0 Å². The van der Waals surface area contributed by atoms with E-state index in [1.807, 2.05) is 0 Å². The third-order valence-electron chi connectivity index (χ3n) is 1.47. The summed E-state index contributed by atoms with van der Waals surface area (Å²) in [6, 6.07) is 0. The van der Waals surface area contributed by atoms with Gasteiger partial charge in [-0.25, -0.2) is 4.79 Å². The maximum absolute atomic E-state index is 10.4. The van der Waals surface area contributed by atoms with Crippen LogP contribution in [-0.4, -0.2) is 26.1 Å². The molecule has 5 heteroatoms. The Morgan fingerprint density at radius 1 is 1.75 bits per heavy atom. The average Bonchev–Trinajstić information content (AvgIpc) is 2.48. The van der Waals surface area contributed by atoms with Gasteiger partial charge in [-0.3, -0.25) is 0 Å². The lowest BCUT2D eigenvalue weighted by Crippen LogP contribution is -2.04. The van der Waals surface area contributed by atoms with Crippen molar-refractivity contribution < 1.29 is 9.90 Å². The predicted octanol–water partition coefficient (Wildman–Crippen LogP) is 0.776. The smallest absolute Gasteiger partial charge is 0.358 e. The van der Waals surface area contributed by atoms with Crippen LogP contribution in [0.2, 0.25) is 0 Å². The summed E-state index contributed by atoms with van der Waals surface area (Å²) in [7, 11) is 0. The van der Waals surface area contributed by atoms with E-state index in [4.69, 9.17) is 5.11 Å². The maximum atomic E-state index is 10.4. The molecule has 5 nitrogen and oxygen atoms in total. The van der Waals surface area contributed by atoms with Gasteiger partial charge in [-0.05, 0) is 6.42 Å². The van der Waals surface area contributed by atoms with E-state index in [9.17, 15) is 4.79 Å². The second-order valence-electron chi connectivity index (χ2n) is 2.48. The summed E-state index contributed by atoms with van der Waals surface area (Å²) in [5, 5.41) is 16.1. The van der Waals surface area contributed by atoms with Crippen molar-refractivity contribution in [1.29, 1.82) is 0 Å². The van der Waals surface area contributed by atoms with E-state index in [1.54, 1.807) is 0 Å². The van der Waals surface area contributed by atoms with Gasteiger partial charge in [-0.1, -0.05) is 13.3 Å². The maximum Gasteiger partial charge on any atom is 0.358 e. The Kier molecular flexibility index (Phi) is 2.79. The third-order valence-corrected chi connectivity index (χ3v) is 1.47. The molecule has 0 spiro atoms. The molecule has 12 heavy (non-hydrogen) atoms. The lowest BCUT2D eigenvalue weighted by molar-refractivity contribution is 0.0689. The second-order valence-corrected chi connectivity index (χ2v) is 2.48. The van der Waals surface area contributed by atoms with Gasteiger partial charge in [0.05, 0.1) is 12.7 Å². The van der Waals surface area contributed by atoms with Crippen molar-refractivity contribution in [2.24, 2.45) is 0 Å². The first-order valence-electron chi connectivity index (χ1n) is 3.87. The number of rotatable bonds is 4. The lowest BCUT2D eigenvalue weighted by atomic mass is 10.3. The van der Waals surface area contributed by atoms with Crippen molar-refractivity contribution in [1.82, 2.24) is 15.0 Å². The minimum Gasteiger partial charge on any atom is -0.476 e. The monoisotopic (exact) mass is 169 g/mol. The Bertz CT molecular complexity index is 269. The summed E-state index contributed by atoms with van der Waals surface area (Å²) in [6.45, 7) is 2.74. The van der Waals surface area contributed by atoms with Gasteiger partial charge < -0.3 is 5.11 Å². The number of carboxylic acids is 1. The number of aryl methyl sites for hydroxylation is 1. The molecular formula is C7H11N3O2. The fourth-order valence-corrected chi connectivity index (χ4v) is 0.803. The third kappa shape index (κ3) is 2.05. The molecule has 1 heterocycles. The molecule has 0 aliphatic rings. The summed E-state index contributed by atoms with van der Waals surface area (Å²) < 4.78 is 0. The zero-order chi connectivity index (χ0) is 8.97. The van der Waals surface area contributed by atoms with Crippen molar-refractivity contribution in [3.05, 3.63) is 11.9 Å². The Morgan fingerprint density at radius 2 is 2.50 bits per heavy atom. The molecule has 0 bridgehead atoms. The average molecular weight is 169 g/mol. The number of carboxylic acid groups (broad SMARTS) is 1. The molecule has 0 unspecified atom stereocenters. The number of aromatic nitrogens is 3. The molecular weight excluding hydrogens is 158 g/mol. The SMILES string of the molecule is CCCCn1ncc(C(=O)O)n1. The highest BCUT2D eigenvalue weighted by atomic mass is 16.4.